The van der Waals surface area contributed by atoms with Gasteiger partial charge in [0.25, 0.3) is 0 Å². The maximum absolute atomic E-state index is 10.3. The molecule has 0 aromatic carbocycles. The molecule has 2 aromatic heterocycles. The highest BCUT2D eigenvalue weighted by molar-refractivity contribution is 5.86. The Bertz CT molecular complexity index is 820. The molecule has 0 atom stereocenters. The number of carboxylic acids is 3. The fourth-order valence-electron chi connectivity index (χ4n) is 1.39. The number of carboxylic acid groups (broad SMARTS) is 3. The summed E-state index contributed by atoms with van der Waals surface area (Å²) in [6.07, 6.45) is 4.81. The molecule has 9 nitrogen and oxygen atoms in total. The van der Waals surface area contributed by atoms with Gasteiger partial charge < -0.3 is 24.2 Å². The molecule has 25 heavy (non-hydrogen) atoms. The molecular formula is C16H12O9. The summed E-state index contributed by atoms with van der Waals surface area (Å²) in [5.74, 6) is -2.85. The van der Waals surface area contributed by atoms with Crippen LogP contribution in [0.4, 0.5) is 0 Å². The van der Waals surface area contributed by atoms with E-state index in [1.807, 2.05) is 0 Å². The van der Waals surface area contributed by atoms with E-state index < -0.39 is 17.9 Å². The molecule has 2 aromatic rings. The van der Waals surface area contributed by atoms with Gasteiger partial charge in [-0.3, -0.25) is 4.79 Å². The van der Waals surface area contributed by atoms with Crippen LogP contribution in [0.1, 0.15) is 32.6 Å². The topological polar surface area (TPSA) is 155 Å². The molecule has 2 rings (SSSR count). The van der Waals surface area contributed by atoms with Gasteiger partial charge in [0.05, 0.1) is 0 Å². The molecule has 0 aliphatic heterocycles. The zero-order valence-corrected chi connectivity index (χ0v) is 12.5. The van der Waals surface area contributed by atoms with Crippen LogP contribution in [-0.4, -0.2) is 39.5 Å². The summed E-state index contributed by atoms with van der Waals surface area (Å²) in [6.45, 7) is 0. The largest absolute Gasteiger partial charge is 0.478 e. The Hall–Kier alpha value is -3.88. The quantitative estimate of drug-likeness (QED) is 0.526. The van der Waals surface area contributed by atoms with E-state index >= 15 is 0 Å². The average molecular weight is 348 g/mol. The van der Waals surface area contributed by atoms with Crippen molar-refractivity contribution < 1.29 is 43.3 Å². The SMILES string of the molecule is O=C(O)C=Cc1ccc(C(=O)O)o1.O=Cc1ccc(C=CC(=O)O)o1. The number of carbonyl (C=O) groups is 4. The van der Waals surface area contributed by atoms with Gasteiger partial charge in [-0.05, 0) is 36.4 Å². The Labute approximate surface area is 140 Å². The van der Waals surface area contributed by atoms with Gasteiger partial charge in [-0.15, -0.1) is 0 Å². The molecule has 0 aliphatic carbocycles. The van der Waals surface area contributed by atoms with Crippen LogP contribution in [0.5, 0.6) is 0 Å². The number of aldehydes is 1. The Morgan fingerprint density at radius 1 is 0.760 bits per heavy atom. The van der Waals surface area contributed by atoms with E-state index in [0.717, 1.165) is 12.2 Å². The molecule has 0 unspecified atom stereocenters. The Balaban J connectivity index is 0.000000251. The maximum atomic E-state index is 10.3. The molecule has 0 bridgehead atoms. The summed E-state index contributed by atoms with van der Waals surface area (Å²) < 4.78 is 9.61. The van der Waals surface area contributed by atoms with Crippen LogP contribution in [0.15, 0.2) is 45.3 Å². The first kappa shape index (κ1) is 19.2. The third-order valence-corrected chi connectivity index (χ3v) is 2.38. The minimum absolute atomic E-state index is 0.181. The zero-order chi connectivity index (χ0) is 18.8. The highest BCUT2D eigenvalue weighted by Gasteiger charge is 2.06. The molecule has 130 valence electrons. The minimum Gasteiger partial charge on any atom is -0.478 e. The van der Waals surface area contributed by atoms with Crippen molar-refractivity contribution in [3.63, 3.8) is 0 Å². The van der Waals surface area contributed by atoms with E-state index in [1.54, 1.807) is 0 Å². The number of carbonyl (C=O) groups excluding carboxylic acids is 1. The second kappa shape index (κ2) is 9.30. The van der Waals surface area contributed by atoms with E-state index in [0.29, 0.717) is 12.0 Å². The fraction of sp³-hybridized carbons (Fsp3) is 0. The van der Waals surface area contributed by atoms with Gasteiger partial charge in [-0.2, -0.15) is 0 Å². The smallest absolute Gasteiger partial charge is 0.371 e. The van der Waals surface area contributed by atoms with E-state index in [4.69, 9.17) is 24.2 Å². The minimum atomic E-state index is -1.19. The highest BCUT2D eigenvalue weighted by atomic mass is 16.4. The molecule has 0 aliphatic rings. The Morgan fingerprint density at radius 2 is 1.24 bits per heavy atom. The van der Waals surface area contributed by atoms with Gasteiger partial charge in [-0.1, -0.05) is 0 Å². The first-order valence-corrected chi connectivity index (χ1v) is 6.52. The van der Waals surface area contributed by atoms with Crippen LogP contribution < -0.4 is 0 Å². The van der Waals surface area contributed by atoms with Crippen LogP contribution in [-0.2, 0) is 9.59 Å². The molecule has 3 N–H and O–H groups in total. The second-order valence-corrected chi connectivity index (χ2v) is 4.21. The van der Waals surface area contributed by atoms with Gasteiger partial charge in [0.1, 0.15) is 11.5 Å². The van der Waals surface area contributed by atoms with Crippen molar-refractivity contribution in [3.8, 4) is 0 Å². The summed E-state index contributed by atoms with van der Waals surface area (Å²) in [4.78, 5) is 40.6. The molecule has 0 amide bonds. The van der Waals surface area contributed by atoms with Crippen LogP contribution in [0.2, 0.25) is 0 Å². The van der Waals surface area contributed by atoms with Crippen molar-refractivity contribution >= 4 is 36.3 Å². The number of aromatic carboxylic acids is 1. The molecule has 2 heterocycles. The van der Waals surface area contributed by atoms with Crippen LogP contribution in [0, 0.1) is 0 Å². The number of rotatable bonds is 6. The van der Waals surface area contributed by atoms with Gasteiger partial charge in [0.15, 0.2) is 12.0 Å². The lowest BCUT2D eigenvalue weighted by molar-refractivity contribution is -0.132. The van der Waals surface area contributed by atoms with Gasteiger partial charge in [-0.25, -0.2) is 14.4 Å². The van der Waals surface area contributed by atoms with Gasteiger partial charge in [0, 0.05) is 12.2 Å². The summed E-state index contributed by atoms with van der Waals surface area (Å²) in [5, 5.41) is 24.9. The van der Waals surface area contributed by atoms with E-state index in [9.17, 15) is 19.2 Å². The monoisotopic (exact) mass is 348 g/mol. The first-order chi connectivity index (χ1) is 11.8. The number of aliphatic carboxylic acids is 2. The standard InChI is InChI=1S/C8H6O5.C8H6O4/c9-7(10)4-2-5-1-3-6(13-5)8(11)12;9-5-7-2-1-6(12-7)3-4-8(10)11/h1-4H,(H,9,10)(H,11,12);1-5H,(H,10,11). The Morgan fingerprint density at radius 3 is 1.64 bits per heavy atom. The molecular weight excluding hydrogens is 336 g/mol. The van der Waals surface area contributed by atoms with E-state index in [2.05, 4.69) is 0 Å². The molecule has 0 fully saturated rings. The predicted octanol–water partition coefficient (Wildman–Crippen LogP) is 2.27. The summed E-state index contributed by atoms with van der Waals surface area (Å²) >= 11 is 0. The summed E-state index contributed by atoms with van der Waals surface area (Å²) in [6, 6.07) is 5.62. The normalized spacial score (nSPS) is 10.4. The lowest BCUT2D eigenvalue weighted by Gasteiger charge is -1.84. The van der Waals surface area contributed by atoms with Crippen molar-refractivity contribution in [2.24, 2.45) is 0 Å². The van der Waals surface area contributed by atoms with Gasteiger partial charge >= 0.3 is 17.9 Å². The zero-order valence-electron chi connectivity index (χ0n) is 12.5. The molecule has 0 spiro atoms. The van der Waals surface area contributed by atoms with Crippen LogP contribution >= 0.6 is 0 Å². The molecule has 9 heteroatoms. The van der Waals surface area contributed by atoms with Crippen LogP contribution in [0.25, 0.3) is 12.2 Å². The average Bonchev–Trinajstić information content (AvgIpc) is 3.20. The highest BCUT2D eigenvalue weighted by Crippen LogP contribution is 2.09. The lowest BCUT2D eigenvalue weighted by atomic mass is 10.4. The molecule has 0 saturated carbocycles. The second-order valence-electron chi connectivity index (χ2n) is 4.21. The molecule has 0 radical (unpaired) electrons. The fourth-order valence-corrected chi connectivity index (χ4v) is 1.39. The third kappa shape index (κ3) is 7.28. The van der Waals surface area contributed by atoms with Crippen molar-refractivity contribution in [3.05, 3.63) is 59.5 Å². The third-order valence-electron chi connectivity index (χ3n) is 2.38. The van der Waals surface area contributed by atoms with Gasteiger partial charge in [0.2, 0.25) is 5.76 Å². The maximum Gasteiger partial charge on any atom is 0.371 e. The van der Waals surface area contributed by atoms with Crippen molar-refractivity contribution in [2.75, 3.05) is 0 Å². The number of hydrogen-bond acceptors (Lipinski definition) is 6. The van der Waals surface area contributed by atoms with Crippen molar-refractivity contribution in [2.45, 2.75) is 0 Å². The lowest BCUT2D eigenvalue weighted by Crippen LogP contribution is -1.91. The first-order valence-electron chi connectivity index (χ1n) is 6.52. The molecule has 0 saturated heterocycles. The van der Waals surface area contributed by atoms with Crippen LogP contribution in [0.3, 0.4) is 0 Å². The predicted molar refractivity (Wildman–Crippen MR) is 83.1 cm³/mol. The summed E-state index contributed by atoms with van der Waals surface area (Å²) in [7, 11) is 0. The van der Waals surface area contributed by atoms with E-state index in [-0.39, 0.29) is 17.3 Å². The number of furan rings is 2. The number of hydrogen-bond donors (Lipinski definition) is 3. The van der Waals surface area contributed by atoms with Crippen molar-refractivity contribution in [1.82, 2.24) is 0 Å². The van der Waals surface area contributed by atoms with E-state index in [1.165, 1.54) is 36.4 Å². The van der Waals surface area contributed by atoms with Crippen molar-refractivity contribution in [1.29, 1.82) is 0 Å². The summed E-state index contributed by atoms with van der Waals surface area (Å²) in [5.41, 5.74) is 0. The Kier molecular flexibility index (Phi) is 7.13.